The summed E-state index contributed by atoms with van der Waals surface area (Å²) in [6.07, 6.45) is 0. The lowest BCUT2D eigenvalue weighted by atomic mass is 9.92. The lowest BCUT2D eigenvalue weighted by Crippen LogP contribution is -1.97. The first-order valence-electron chi connectivity index (χ1n) is 24.3. The van der Waals surface area contributed by atoms with Crippen LogP contribution in [0.4, 0.5) is 0 Å². The van der Waals surface area contributed by atoms with Crippen molar-refractivity contribution < 1.29 is 0 Å². The Bertz CT molecular complexity index is 4950. The van der Waals surface area contributed by atoms with E-state index in [1.807, 2.05) is 0 Å². The Hall–Kier alpha value is -9.24. The van der Waals surface area contributed by atoms with E-state index < -0.39 is 0 Å². The van der Waals surface area contributed by atoms with Crippen LogP contribution in [-0.2, 0) is 0 Å². The lowest BCUT2D eigenvalue weighted by Gasteiger charge is -2.18. The first-order chi connectivity index (χ1) is 34.7. The van der Waals surface area contributed by atoms with Gasteiger partial charge >= 0.3 is 0 Å². The molecule has 0 saturated carbocycles. The van der Waals surface area contributed by atoms with Gasteiger partial charge in [-0.3, -0.25) is 0 Å². The highest BCUT2D eigenvalue weighted by molar-refractivity contribution is 6.31. The molecular weight excluding hydrogens is 845 g/mol. The van der Waals surface area contributed by atoms with E-state index >= 15 is 0 Å². The Kier molecular flexibility index (Phi) is 7.64. The summed E-state index contributed by atoms with van der Waals surface area (Å²) in [6.45, 7) is 0. The SMILES string of the molecule is c1ccc2c(c1)ccc1cc(-n3c4ccccc4c4cc(-c5ccc6c7ccccc7n(-c7cc8ccc9ccccc9c8c8c7ccc7ccccc78)c6c5)ccc43)c3ccc4ccccc4c3c12. The molecular formula is C68H40N2. The number of nitrogens with zero attached hydrogens (tertiary/aromatic N) is 2. The zero-order valence-corrected chi connectivity index (χ0v) is 38.0. The van der Waals surface area contributed by atoms with Crippen LogP contribution in [0.25, 0.3) is 152 Å². The van der Waals surface area contributed by atoms with Gasteiger partial charge in [0.05, 0.1) is 33.4 Å². The van der Waals surface area contributed by atoms with Crippen LogP contribution < -0.4 is 0 Å². The second-order valence-corrected chi connectivity index (χ2v) is 19.1. The normalized spacial score (nSPS) is 12.3. The summed E-state index contributed by atoms with van der Waals surface area (Å²) in [7, 11) is 0. The van der Waals surface area contributed by atoms with Crippen LogP contribution in [0.3, 0.4) is 0 Å². The number of para-hydroxylation sites is 2. The van der Waals surface area contributed by atoms with Gasteiger partial charge < -0.3 is 9.13 Å². The third-order valence-corrected chi connectivity index (χ3v) is 15.6. The predicted octanol–water partition coefficient (Wildman–Crippen LogP) is 18.8. The van der Waals surface area contributed by atoms with Crippen LogP contribution in [0.2, 0.25) is 0 Å². The largest absolute Gasteiger partial charge is 0.309 e. The minimum atomic E-state index is 1.19. The number of rotatable bonds is 3. The predicted molar refractivity (Wildman–Crippen MR) is 301 cm³/mol. The molecule has 14 aromatic carbocycles. The molecule has 70 heavy (non-hydrogen) atoms. The second kappa shape index (κ2) is 14.1. The van der Waals surface area contributed by atoms with Crippen molar-refractivity contribution in [3.05, 3.63) is 243 Å². The van der Waals surface area contributed by atoms with Crippen molar-refractivity contribution in [3.8, 4) is 22.5 Å². The number of hydrogen-bond acceptors (Lipinski definition) is 0. The van der Waals surface area contributed by atoms with Crippen molar-refractivity contribution in [1.82, 2.24) is 9.13 Å². The van der Waals surface area contributed by atoms with Crippen molar-refractivity contribution in [2.45, 2.75) is 0 Å². The standard InChI is InChI=1S/C68H40N2/c1-5-17-49-41(13-1)25-27-47-39-63(56-34-29-43-15-3-7-19-51(43)67(56)65(47)49)69-60-24-12-10-22-54(60)58-37-45(32-36-61(58)69)46-31-33-55-53-21-9-11-23-59(53)70(62(55)38-46)64-40-48-28-26-42-14-2-6-18-50(42)66(48)68-52-20-8-4-16-44(52)30-35-57(64)68/h1-40H. The van der Waals surface area contributed by atoms with E-state index in [-0.39, 0.29) is 0 Å². The monoisotopic (exact) mass is 884 g/mol. The summed E-state index contributed by atoms with van der Waals surface area (Å²) in [4.78, 5) is 0. The molecule has 2 nitrogen and oxygen atoms in total. The first-order valence-corrected chi connectivity index (χ1v) is 24.3. The van der Waals surface area contributed by atoms with Gasteiger partial charge in [0.2, 0.25) is 0 Å². The molecule has 0 unspecified atom stereocenters. The maximum absolute atomic E-state index is 2.53. The van der Waals surface area contributed by atoms with Crippen molar-refractivity contribution in [2.24, 2.45) is 0 Å². The van der Waals surface area contributed by atoms with Gasteiger partial charge in [0.25, 0.3) is 0 Å². The average molecular weight is 885 g/mol. The number of aromatic nitrogens is 2. The summed E-state index contributed by atoms with van der Waals surface area (Å²) in [6, 6.07) is 90.8. The highest BCUT2D eigenvalue weighted by Crippen LogP contribution is 2.46. The summed E-state index contributed by atoms with van der Waals surface area (Å²) < 4.78 is 5.04. The van der Waals surface area contributed by atoms with Crippen molar-refractivity contribution in [2.75, 3.05) is 0 Å². The zero-order chi connectivity index (χ0) is 45.6. The highest BCUT2D eigenvalue weighted by atomic mass is 15.0. The van der Waals surface area contributed by atoms with E-state index in [0.717, 1.165) is 0 Å². The molecule has 0 atom stereocenters. The van der Waals surface area contributed by atoms with Gasteiger partial charge in [-0.15, -0.1) is 0 Å². The van der Waals surface area contributed by atoms with Gasteiger partial charge in [0.1, 0.15) is 0 Å². The Labute approximate surface area is 402 Å². The van der Waals surface area contributed by atoms with Crippen LogP contribution in [0.5, 0.6) is 0 Å². The minimum Gasteiger partial charge on any atom is -0.309 e. The van der Waals surface area contributed by atoms with Gasteiger partial charge in [-0.1, -0.05) is 200 Å². The first kappa shape index (κ1) is 37.8. The molecule has 0 amide bonds. The topological polar surface area (TPSA) is 9.86 Å². The fourth-order valence-corrected chi connectivity index (χ4v) is 12.5. The smallest absolute Gasteiger partial charge is 0.0547 e. The molecule has 0 saturated heterocycles. The molecule has 2 aromatic heterocycles. The maximum Gasteiger partial charge on any atom is 0.0547 e. The van der Waals surface area contributed by atoms with Gasteiger partial charge in [0.15, 0.2) is 0 Å². The van der Waals surface area contributed by atoms with E-state index in [1.165, 1.54) is 152 Å². The fraction of sp³-hybridized carbons (Fsp3) is 0. The Balaban J connectivity index is 0.947. The highest BCUT2D eigenvalue weighted by Gasteiger charge is 2.22. The van der Waals surface area contributed by atoms with Gasteiger partial charge in [-0.25, -0.2) is 0 Å². The number of benzene rings is 14. The summed E-state index contributed by atoms with van der Waals surface area (Å²) in [5, 5.41) is 25.3. The minimum absolute atomic E-state index is 1.19. The summed E-state index contributed by atoms with van der Waals surface area (Å²) >= 11 is 0. The molecule has 322 valence electrons. The van der Waals surface area contributed by atoms with Crippen LogP contribution in [0.1, 0.15) is 0 Å². The Morgan fingerprint density at radius 3 is 1.06 bits per heavy atom. The molecule has 0 fully saturated rings. The molecule has 16 rings (SSSR count). The molecule has 0 aliphatic carbocycles. The van der Waals surface area contributed by atoms with Crippen molar-refractivity contribution in [3.63, 3.8) is 0 Å². The lowest BCUT2D eigenvalue weighted by molar-refractivity contribution is 1.20. The zero-order valence-electron chi connectivity index (χ0n) is 38.0. The van der Waals surface area contributed by atoms with Crippen molar-refractivity contribution >= 4 is 130 Å². The van der Waals surface area contributed by atoms with Crippen molar-refractivity contribution in [1.29, 1.82) is 0 Å². The van der Waals surface area contributed by atoms with Gasteiger partial charge in [-0.2, -0.15) is 0 Å². The van der Waals surface area contributed by atoms with Crippen LogP contribution in [0, 0.1) is 0 Å². The van der Waals surface area contributed by atoms with E-state index in [4.69, 9.17) is 0 Å². The van der Waals surface area contributed by atoms with E-state index in [9.17, 15) is 0 Å². The van der Waals surface area contributed by atoms with E-state index in [2.05, 4.69) is 252 Å². The molecule has 2 heteroatoms. The molecule has 0 bridgehead atoms. The quantitative estimate of drug-likeness (QED) is 0.157. The summed E-state index contributed by atoms with van der Waals surface area (Å²) in [5.74, 6) is 0. The third kappa shape index (κ3) is 5.17. The van der Waals surface area contributed by atoms with Gasteiger partial charge in [-0.05, 0) is 118 Å². The summed E-state index contributed by atoms with van der Waals surface area (Å²) in [5.41, 5.74) is 9.54. The molecule has 16 aromatic rings. The average Bonchev–Trinajstić information content (AvgIpc) is 3.94. The Morgan fingerprint density at radius 1 is 0.186 bits per heavy atom. The second-order valence-electron chi connectivity index (χ2n) is 19.1. The molecule has 0 aliphatic heterocycles. The molecule has 0 spiro atoms. The Morgan fingerprint density at radius 2 is 0.529 bits per heavy atom. The van der Waals surface area contributed by atoms with Gasteiger partial charge in [0, 0.05) is 43.1 Å². The van der Waals surface area contributed by atoms with E-state index in [0.29, 0.717) is 0 Å². The molecule has 0 radical (unpaired) electrons. The van der Waals surface area contributed by atoms with Crippen LogP contribution in [0.15, 0.2) is 243 Å². The number of fused-ring (bicyclic) bond motifs is 20. The number of hydrogen-bond donors (Lipinski definition) is 0. The van der Waals surface area contributed by atoms with Crippen LogP contribution >= 0.6 is 0 Å². The van der Waals surface area contributed by atoms with Crippen LogP contribution in [-0.4, -0.2) is 9.13 Å². The molecule has 0 N–H and O–H groups in total. The fourth-order valence-electron chi connectivity index (χ4n) is 12.5. The molecule has 2 heterocycles. The van der Waals surface area contributed by atoms with E-state index in [1.54, 1.807) is 0 Å². The maximum atomic E-state index is 2.53. The molecule has 0 aliphatic rings. The third-order valence-electron chi connectivity index (χ3n) is 15.6.